The van der Waals surface area contributed by atoms with E-state index in [0.717, 1.165) is 11.1 Å². The van der Waals surface area contributed by atoms with E-state index in [1.165, 1.54) is 0 Å². The second-order valence-electron chi connectivity index (χ2n) is 10.3. The number of unbranched alkanes of at least 4 members (excludes halogenated alkanes) is 2. The van der Waals surface area contributed by atoms with Crippen molar-refractivity contribution in [3.05, 3.63) is 53.6 Å². The molecule has 0 aliphatic carbocycles. The predicted octanol–water partition coefficient (Wildman–Crippen LogP) is 6.78. The fourth-order valence-corrected chi connectivity index (χ4v) is 6.19. The quantitative estimate of drug-likeness (QED) is 0.203. The minimum Gasteiger partial charge on any atom is -0.508 e. The van der Waals surface area contributed by atoms with Gasteiger partial charge >= 0.3 is 12.1 Å². The second-order valence-corrected chi connectivity index (χ2v) is 11.8. The van der Waals surface area contributed by atoms with Gasteiger partial charge in [0.15, 0.2) is 0 Å². The number of halogens is 5. The first-order valence-electron chi connectivity index (χ1n) is 12.8. The molecule has 39 heavy (non-hydrogen) atoms. The Kier molecular flexibility index (Phi) is 10.0. The second kappa shape index (κ2) is 12.7. The highest BCUT2D eigenvalue weighted by molar-refractivity contribution is 7.85. The van der Waals surface area contributed by atoms with Gasteiger partial charge in [-0.15, -0.1) is 0 Å². The zero-order chi connectivity index (χ0) is 28.8. The van der Waals surface area contributed by atoms with Crippen LogP contribution in [0, 0.1) is 0 Å². The van der Waals surface area contributed by atoms with Gasteiger partial charge in [0.1, 0.15) is 23.0 Å². The number of hydrogen-bond acceptors (Lipinski definition) is 5. The van der Waals surface area contributed by atoms with Crippen molar-refractivity contribution in [2.75, 3.05) is 18.1 Å². The molecule has 216 valence electrons. The molecule has 3 rings (SSSR count). The van der Waals surface area contributed by atoms with Crippen LogP contribution in [0.3, 0.4) is 0 Å². The molecule has 0 bridgehead atoms. The number of Topliss-reactive ketones (excluding diaryl/α,β-unsaturated/α-hetero) is 1. The molecule has 0 aromatic heterocycles. The van der Waals surface area contributed by atoms with Gasteiger partial charge in [-0.1, -0.05) is 31.5 Å². The van der Waals surface area contributed by atoms with Crippen LogP contribution >= 0.6 is 0 Å². The number of ketones is 1. The summed E-state index contributed by atoms with van der Waals surface area (Å²) in [5.74, 6) is -6.16. The normalized spacial score (nSPS) is 20.2. The van der Waals surface area contributed by atoms with Crippen molar-refractivity contribution < 1.29 is 45.9 Å². The van der Waals surface area contributed by atoms with Crippen LogP contribution in [0.4, 0.5) is 22.0 Å². The lowest BCUT2D eigenvalue weighted by atomic mass is 9.66. The topological polar surface area (TPSA) is 83.8 Å². The molecule has 1 aliphatic heterocycles. The fourth-order valence-electron chi connectivity index (χ4n) is 4.95. The molecule has 0 radical (unpaired) electrons. The summed E-state index contributed by atoms with van der Waals surface area (Å²) < 4.78 is 80.3. The third-order valence-corrected chi connectivity index (χ3v) is 8.66. The molecule has 0 saturated carbocycles. The molecule has 1 unspecified atom stereocenters. The number of phenolic OH excluding ortho intramolecular Hbond substituents is 2. The van der Waals surface area contributed by atoms with Crippen LogP contribution in [0.1, 0.15) is 68.9 Å². The number of fused-ring (bicyclic) bond motifs is 1. The highest BCUT2D eigenvalue weighted by Crippen LogP contribution is 2.49. The maximum Gasteiger partial charge on any atom is 0.454 e. The van der Waals surface area contributed by atoms with Gasteiger partial charge in [-0.05, 0) is 55.0 Å². The van der Waals surface area contributed by atoms with Crippen LogP contribution in [0.15, 0.2) is 42.5 Å². The standard InChI is InChI=1S/C28H33F5O5S/c1-26(19-9-11-21(35)12-10-19)17-38-25-16-22(36)13-14-23(25)24(26)8-5-7-20(34)6-3-2-4-15-39(37)18-27(29,30)28(31,32)33/h9-14,16,24,35-36H,2-8,15,17-18H2,1H3/t24-,26-,39?/m1/s1. The Balaban J connectivity index is 1.50. The molecule has 2 aromatic rings. The molecule has 0 fully saturated rings. The fraction of sp³-hybridized carbons (Fsp3) is 0.536. The van der Waals surface area contributed by atoms with Gasteiger partial charge in [0.05, 0.1) is 12.4 Å². The van der Waals surface area contributed by atoms with Crippen molar-refractivity contribution in [2.45, 2.75) is 75.3 Å². The molecule has 3 atom stereocenters. The number of hydrogen-bond donors (Lipinski definition) is 2. The molecule has 0 saturated heterocycles. The number of carbonyl (C=O) groups is 1. The number of ether oxygens (including phenoxy) is 1. The minimum absolute atomic E-state index is 0.0176. The van der Waals surface area contributed by atoms with Gasteiger partial charge in [0, 0.05) is 46.8 Å². The Hall–Kier alpha value is -2.69. The van der Waals surface area contributed by atoms with E-state index < -0.39 is 34.1 Å². The average Bonchev–Trinajstić information content (AvgIpc) is 2.84. The van der Waals surface area contributed by atoms with Crippen LogP contribution in [-0.2, 0) is 21.0 Å². The highest BCUT2D eigenvalue weighted by Gasteiger charge is 2.58. The molecule has 2 aromatic carbocycles. The number of rotatable bonds is 13. The van der Waals surface area contributed by atoms with Crippen LogP contribution in [-0.4, -0.2) is 50.4 Å². The van der Waals surface area contributed by atoms with Crippen molar-refractivity contribution in [1.29, 1.82) is 0 Å². The third-order valence-electron chi connectivity index (χ3n) is 7.23. The van der Waals surface area contributed by atoms with Gasteiger partial charge in [0.2, 0.25) is 0 Å². The van der Waals surface area contributed by atoms with E-state index in [1.807, 2.05) is 18.2 Å². The Bertz CT molecular complexity index is 1150. The van der Waals surface area contributed by atoms with Gasteiger partial charge in [-0.3, -0.25) is 9.00 Å². The van der Waals surface area contributed by atoms with Crippen molar-refractivity contribution in [3.8, 4) is 17.2 Å². The van der Waals surface area contributed by atoms with Gasteiger partial charge in [0.25, 0.3) is 0 Å². The van der Waals surface area contributed by atoms with Crippen molar-refractivity contribution in [2.24, 2.45) is 0 Å². The summed E-state index contributed by atoms with van der Waals surface area (Å²) >= 11 is 0. The molecular weight excluding hydrogens is 543 g/mol. The molecule has 5 nitrogen and oxygen atoms in total. The SMILES string of the molecule is C[C@]1(c2ccc(O)cc2)COc2cc(O)ccc2[C@H]1CCCC(=O)CCCCCS(=O)CC(F)(F)C(F)(F)F. The maximum atomic E-state index is 13.0. The number of aromatic hydroxyl groups is 2. The van der Waals surface area contributed by atoms with Crippen molar-refractivity contribution >= 4 is 16.6 Å². The average molecular weight is 577 g/mol. The van der Waals surface area contributed by atoms with Gasteiger partial charge in [-0.25, -0.2) is 0 Å². The van der Waals surface area contributed by atoms with E-state index in [0.29, 0.717) is 44.5 Å². The zero-order valence-electron chi connectivity index (χ0n) is 21.6. The van der Waals surface area contributed by atoms with E-state index in [2.05, 4.69) is 6.92 Å². The largest absolute Gasteiger partial charge is 0.508 e. The smallest absolute Gasteiger partial charge is 0.454 e. The van der Waals surface area contributed by atoms with Crippen LogP contribution in [0.5, 0.6) is 17.2 Å². The van der Waals surface area contributed by atoms with E-state index in [9.17, 15) is 41.2 Å². The Morgan fingerprint density at radius 2 is 1.62 bits per heavy atom. The van der Waals surface area contributed by atoms with Crippen LogP contribution in [0.25, 0.3) is 0 Å². The molecule has 11 heteroatoms. The first kappa shape index (κ1) is 30.8. The number of alkyl halides is 5. The first-order chi connectivity index (χ1) is 18.2. The molecule has 0 spiro atoms. The van der Waals surface area contributed by atoms with E-state index in [4.69, 9.17) is 4.74 Å². The zero-order valence-corrected chi connectivity index (χ0v) is 22.4. The monoisotopic (exact) mass is 576 g/mol. The summed E-state index contributed by atoms with van der Waals surface area (Å²) in [4.78, 5) is 12.5. The van der Waals surface area contributed by atoms with Crippen LogP contribution < -0.4 is 4.74 Å². The minimum atomic E-state index is -5.72. The summed E-state index contributed by atoms with van der Waals surface area (Å²) in [5.41, 5.74) is 1.45. The lowest BCUT2D eigenvalue weighted by molar-refractivity contribution is -0.271. The maximum absolute atomic E-state index is 13.0. The summed E-state index contributed by atoms with van der Waals surface area (Å²) in [6, 6.07) is 11.9. The van der Waals surface area contributed by atoms with Crippen LogP contribution in [0.2, 0.25) is 0 Å². The predicted molar refractivity (Wildman–Crippen MR) is 138 cm³/mol. The summed E-state index contributed by atoms with van der Waals surface area (Å²) in [7, 11) is -2.30. The molecule has 1 aliphatic rings. The first-order valence-corrected chi connectivity index (χ1v) is 14.3. The molecule has 1 heterocycles. The summed E-state index contributed by atoms with van der Waals surface area (Å²) in [5, 5.41) is 19.6. The Labute approximate surface area is 226 Å². The third kappa shape index (κ3) is 7.93. The lowest BCUT2D eigenvalue weighted by Gasteiger charge is -2.43. The molecular formula is C28H33F5O5S. The lowest BCUT2D eigenvalue weighted by Crippen LogP contribution is -2.41. The molecule has 0 amide bonds. The highest BCUT2D eigenvalue weighted by atomic mass is 32.2. The summed E-state index contributed by atoms with van der Waals surface area (Å²) in [6.07, 6.45) is -2.85. The van der Waals surface area contributed by atoms with E-state index in [1.54, 1.807) is 24.3 Å². The summed E-state index contributed by atoms with van der Waals surface area (Å²) in [6.45, 7) is 2.42. The van der Waals surface area contributed by atoms with Crippen molar-refractivity contribution in [3.63, 3.8) is 0 Å². The Morgan fingerprint density at radius 3 is 2.28 bits per heavy atom. The number of benzene rings is 2. The number of phenols is 2. The Morgan fingerprint density at radius 1 is 0.974 bits per heavy atom. The van der Waals surface area contributed by atoms with Gasteiger partial charge < -0.3 is 14.9 Å². The van der Waals surface area contributed by atoms with Gasteiger partial charge in [-0.2, -0.15) is 22.0 Å². The molecule has 2 N–H and O–H groups in total. The van der Waals surface area contributed by atoms with Crippen molar-refractivity contribution in [1.82, 2.24) is 0 Å². The van der Waals surface area contributed by atoms with E-state index >= 15 is 0 Å². The van der Waals surface area contributed by atoms with E-state index in [-0.39, 0.29) is 41.8 Å². The number of carbonyl (C=O) groups excluding carboxylic acids is 1.